The number of benzene rings is 2. The van der Waals surface area contributed by atoms with Gasteiger partial charge in [0, 0.05) is 0 Å². The molecule has 0 aliphatic carbocycles. The second-order valence-electron chi connectivity index (χ2n) is 9.28. The van der Waals surface area contributed by atoms with E-state index in [9.17, 15) is 0 Å². The zero-order valence-electron chi connectivity index (χ0n) is 16.4. The fraction of sp³-hybridized carbons (Fsp3) is 0.348. The van der Waals surface area contributed by atoms with Crippen molar-refractivity contribution in [3.05, 3.63) is 65.9 Å². The molecule has 0 saturated carbocycles. The third-order valence-electron chi connectivity index (χ3n) is 4.52. The molecule has 3 aromatic rings. The monoisotopic (exact) mass is 393 g/mol. The van der Waals surface area contributed by atoms with Gasteiger partial charge in [-0.15, -0.1) is 0 Å². The molecule has 1 heterocycles. The van der Waals surface area contributed by atoms with Crippen molar-refractivity contribution in [2.75, 3.05) is 0 Å². The topological polar surface area (TPSA) is 12.9 Å². The van der Waals surface area contributed by atoms with Gasteiger partial charge in [-0.1, -0.05) is 0 Å². The minimum absolute atomic E-state index is 0.105. The van der Waals surface area contributed by atoms with Crippen LogP contribution in [0.15, 0.2) is 54.7 Å². The number of nitrogens with zero attached hydrogens (tertiary/aromatic N) is 1. The Morgan fingerprint density at radius 3 is 2.32 bits per heavy atom. The number of hydrogen-bond donors (Lipinski definition) is 0. The van der Waals surface area contributed by atoms with Gasteiger partial charge >= 0.3 is 155 Å². The Kier molecular flexibility index (Phi) is 4.81. The summed E-state index contributed by atoms with van der Waals surface area (Å²) in [5.41, 5.74) is 5.25. The molecule has 0 bridgehead atoms. The van der Waals surface area contributed by atoms with E-state index in [0.717, 1.165) is 5.69 Å². The summed E-state index contributed by atoms with van der Waals surface area (Å²) in [6.45, 7) is 6.86. The molecule has 0 saturated heterocycles. The standard InChI is InChI=1S/C23H29GeN/c1-23(2,3)21-15-19(14-18-9-7-8-10-20(18)21)22-13-17(11-12-25-22)16-24(4,5)6/h7-15H,16H2,1-6H3. The summed E-state index contributed by atoms with van der Waals surface area (Å²) in [5, 5.41) is 3.89. The average molecular weight is 392 g/mol. The first-order valence-electron chi connectivity index (χ1n) is 9.12. The average Bonchev–Trinajstić information content (AvgIpc) is 2.51. The molecule has 1 nitrogen and oxygen atoms in total. The SMILES string of the molecule is CC(C)(C)c1cc(-c2cc([CH2][Ge]([CH3])([CH3])[CH3])ccn2)cc2ccccc12. The molecule has 0 spiro atoms. The molecule has 0 aliphatic rings. The van der Waals surface area contributed by atoms with Crippen LogP contribution >= 0.6 is 0 Å². The Bertz CT molecular complexity index is 898. The van der Waals surface area contributed by atoms with Crippen molar-refractivity contribution in [2.24, 2.45) is 0 Å². The van der Waals surface area contributed by atoms with Crippen molar-refractivity contribution in [3.8, 4) is 11.3 Å². The molecule has 3 rings (SSSR count). The Morgan fingerprint density at radius 1 is 0.920 bits per heavy atom. The van der Waals surface area contributed by atoms with Crippen LogP contribution in [-0.4, -0.2) is 18.3 Å². The van der Waals surface area contributed by atoms with Gasteiger partial charge in [0.1, 0.15) is 0 Å². The van der Waals surface area contributed by atoms with E-state index in [1.807, 2.05) is 6.20 Å². The summed E-state index contributed by atoms with van der Waals surface area (Å²) in [6.07, 6.45) is 1.98. The first kappa shape index (κ1) is 18.2. The van der Waals surface area contributed by atoms with E-state index in [1.54, 1.807) is 0 Å². The van der Waals surface area contributed by atoms with Crippen molar-refractivity contribution in [1.82, 2.24) is 4.98 Å². The Hall–Kier alpha value is -1.61. The van der Waals surface area contributed by atoms with Crippen LogP contribution in [0.1, 0.15) is 31.9 Å². The van der Waals surface area contributed by atoms with Crippen molar-refractivity contribution >= 4 is 24.0 Å². The van der Waals surface area contributed by atoms with Crippen LogP contribution in [0.5, 0.6) is 0 Å². The molecule has 0 atom stereocenters. The fourth-order valence-corrected chi connectivity index (χ4v) is 6.46. The number of pyridine rings is 1. The summed E-state index contributed by atoms with van der Waals surface area (Å²) in [7, 11) is 0. The predicted octanol–water partition coefficient (Wildman–Crippen LogP) is 6.62. The molecule has 130 valence electrons. The molecule has 2 heteroatoms. The zero-order valence-corrected chi connectivity index (χ0v) is 18.4. The van der Waals surface area contributed by atoms with Crippen molar-refractivity contribution in [2.45, 2.75) is 48.7 Å². The van der Waals surface area contributed by atoms with Crippen LogP contribution in [-0.2, 0) is 10.7 Å². The first-order valence-corrected chi connectivity index (χ1v) is 16.9. The molecule has 0 radical (unpaired) electrons. The maximum atomic E-state index is 4.69. The molecule has 0 fully saturated rings. The normalized spacial score (nSPS) is 12.6. The van der Waals surface area contributed by atoms with E-state index < -0.39 is 13.3 Å². The van der Waals surface area contributed by atoms with Crippen LogP contribution in [0.3, 0.4) is 0 Å². The molecule has 1 aromatic heterocycles. The third-order valence-corrected chi connectivity index (χ3v) is 7.61. The van der Waals surface area contributed by atoms with Crippen molar-refractivity contribution in [3.63, 3.8) is 0 Å². The molecule has 0 amide bonds. The van der Waals surface area contributed by atoms with Crippen molar-refractivity contribution < 1.29 is 0 Å². The fourth-order valence-electron chi connectivity index (χ4n) is 3.43. The van der Waals surface area contributed by atoms with Gasteiger partial charge in [-0.25, -0.2) is 0 Å². The van der Waals surface area contributed by atoms with Crippen LogP contribution in [0, 0.1) is 0 Å². The molecule has 2 aromatic carbocycles. The van der Waals surface area contributed by atoms with E-state index in [-0.39, 0.29) is 5.41 Å². The molecule has 0 unspecified atom stereocenters. The third kappa shape index (κ3) is 4.33. The summed E-state index contributed by atoms with van der Waals surface area (Å²) in [4.78, 5) is 4.69. The number of hydrogen-bond acceptors (Lipinski definition) is 1. The van der Waals surface area contributed by atoms with Crippen molar-refractivity contribution in [1.29, 1.82) is 0 Å². The van der Waals surface area contributed by atoms with Crippen LogP contribution in [0.25, 0.3) is 22.0 Å². The summed E-state index contributed by atoms with van der Waals surface area (Å²) in [6, 6.07) is 17.8. The van der Waals surface area contributed by atoms with Crippen LogP contribution in [0.4, 0.5) is 0 Å². The van der Waals surface area contributed by atoms with Gasteiger partial charge in [-0.05, 0) is 0 Å². The van der Waals surface area contributed by atoms with Gasteiger partial charge in [-0.3, -0.25) is 0 Å². The first-order chi connectivity index (χ1) is 11.6. The number of fused-ring (bicyclic) bond motifs is 1. The number of aromatic nitrogens is 1. The van der Waals surface area contributed by atoms with Gasteiger partial charge < -0.3 is 0 Å². The molecule has 25 heavy (non-hydrogen) atoms. The summed E-state index contributed by atoms with van der Waals surface area (Å²) >= 11 is -1.63. The van der Waals surface area contributed by atoms with Gasteiger partial charge in [0.2, 0.25) is 0 Å². The Labute approximate surface area is 154 Å². The summed E-state index contributed by atoms with van der Waals surface area (Å²) in [5.74, 6) is 7.40. The minimum atomic E-state index is -1.63. The second-order valence-corrected chi connectivity index (χ2v) is 20.8. The second kappa shape index (κ2) is 6.60. The van der Waals surface area contributed by atoms with Gasteiger partial charge in [0.25, 0.3) is 0 Å². The zero-order chi connectivity index (χ0) is 18.2. The Balaban J connectivity index is 2.15. The van der Waals surface area contributed by atoms with Gasteiger partial charge in [-0.2, -0.15) is 0 Å². The quantitative estimate of drug-likeness (QED) is 0.457. The van der Waals surface area contributed by atoms with E-state index in [1.165, 1.54) is 32.7 Å². The molecular formula is C23H29GeN. The van der Waals surface area contributed by atoms with E-state index in [4.69, 9.17) is 4.98 Å². The van der Waals surface area contributed by atoms with Crippen LogP contribution in [0.2, 0.25) is 17.3 Å². The van der Waals surface area contributed by atoms with Gasteiger partial charge in [0.05, 0.1) is 0 Å². The molecule has 0 N–H and O–H groups in total. The van der Waals surface area contributed by atoms with Gasteiger partial charge in [0.15, 0.2) is 0 Å². The molecule has 0 aliphatic heterocycles. The maximum absolute atomic E-state index is 4.69. The van der Waals surface area contributed by atoms with E-state index in [2.05, 4.69) is 86.6 Å². The van der Waals surface area contributed by atoms with E-state index >= 15 is 0 Å². The van der Waals surface area contributed by atoms with Crippen LogP contribution < -0.4 is 0 Å². The summed E-state index contributed by atoms with van der Waals surface area (Å²) < 4.78 is 0. The number of rotatable bonds is 3. The predicted molar refractivity (Wildman–Crippen MR) is 113 cm³/mol. The Morgan fingerprint density at radius 2 is 1.64 bits per heavy atom. The molecular weight excluding hydrogens is 363 g/mol. The van der Waals surface area contributed by atoms with E-state index in [0.29, 0.717) is 0 Å².